The number of aromatic nitrogens is 1. The van der Waals surface area contributed by atoms with E-state index in [1.165, 1.54) is 11.1 Å². The molecule has 120 valence electrons. The maximum atomic E-state index is 13.2. The first-order valence-electron chi connectivity index (χ1n) is 8.43. The van der Waals surface area contributed by atoms with Gasteiger partial charge in [0.2, 0.25) is 0 Å². The van der Waals surface area contributed by atoms with Crippen molar-refractivity contribution in [3.63, 3.8) is 0 Å². The third-order valence-corrected chi connectivity index (χ3v) is 5.85. The van der Waals surface area contributed by atoms with Crippen LogP contribution in [0.25, 0.3) is 10.9 Å². The third-order valence-electron chi connectivity index (χ3n) is 4.72. The molecular formula is C19H21NO2S. The average Bonchev–Trinajstić information content (AvgIpc) is 3.23. The summed E-state index contributed by atoms with van der Waals surface area (Å²) < 4.78 is 5.93. The van der Waals surface area contributed by atoms with Crippen molar-refractivity contribution in [3.05, 3.63) is 50.7 Å². The number of rotatable bonds is 4. The van der Waals surface area contributed by atoms with Gasteiger partial charge in [-0.25, -0.2) is 0 Å². The van der Waals surface area contributed by atoms with E-state index in [0.29, 0.717) is 6.61 Å². The highest BCUT2D eigenvalue weighted by Gasteiger charge is 2.24. The van der Waals surface area contributed by atoms with E-state index in [1.807, 2.05) is 6.20 Å². The molecule has 1 aliphatic carbocycles. The quantitative estimate of drug-likeness (QED) is 0.899. The Morgan fingerprint density at radius 2 is 2.30 bits per heavy atom. The van der Waals surface area contributed by atoms with Crippen LogP contribution in [0.5, 0.6) is 5.75 Å². The highest BCUT2D eigenvalue weighted by molar-refractivity contribution is 8.02. The van der Waals surface area contributed by atoms with Crippen LogP contribution < -0.4 is 10.2 Å². The predicted octanol–water partition coefficient (Wildman–Crippen LogP) is 4.50. The number of aryl methyl sites for hydroxylation is 2. The van der Waals surface area contributed by atoms with Gasteiger partial charge in [0.05, 0.1) is 17.5 Å². The van der Waals surface area contributed by atoms with Gasteiger partial charge in [-0.1, -0.05) is 13.0 Å². The Hall–Kier alpha value is -1.68. The Morgan fingerprint density at radius 3 is 3.09 bits per heavy atom. The number of fused-ring (bicyclic) bond motifs is 3. The molecule has 2 aliphatic rings. The fourth-order valence-electron chi connectivity index (χ4n) is 3.62. The van der Waals surface area contributed by atoms with E-state index in [-0.39, 0.29) is 10.7 Å². The maximum Gasteiger partial charge on any atom is 0.194 e. The van der Waals surface area contributed by atoms with Gasteiger partial charge in [0.1, 0.15) is 5.75 Å². The number of H-pyrrole nitrogens is 1. The molecule has 1 unspecified atom stereocenters. The third kappa shape index (κ3) is 2.49. The smallest absolute Gasteiger partial charge is 0.194 e. The van der Waals surface area contributed by atoms with Crippen molar-refractivity contribution in [1.82, 2.24) is 4.98 Å². The van der Waals surface area contributed by atoms with Crippen molar-refractivity contribution in [1.29, 1.82) is 0 Å². The Kier molecular flexibility index (Phi) is 3.93. The van der Waals surface area contributed by atoms with Gasteiger partial charge in [0.25, 0.3) is 0 Å². The minimum atomic E-state index is 0.194. The number of hydrogen-bond donors (Lipinski definition) is 1. The number of thioether (sulfide) groups is 1. The van der Waals surface area contributed by atoms with Crippen LogP contribution in [0, 0.1) is 0 Å². The summed E-state index contributed by atoms with van der Waals surface area (Å²) in [6, 6.07) is 2.14. The van der Waals surface area contributed by atoms with Crippen LogP contribution in [-0.2, 0) is 12.8 Å². The van der Waals surface area contributed by atoms with Gasteiger partial charge in [-0.05, 0) is 54.7 Å². The number of aromatic amines is 1. The molecule has 23 heavy (non-hydrogen) atoms. The van der Waals surface area contributed by atoms with E-state index in [4.69, 9.17) is 4.74 Å². The minimum Gasteiger partial charge on any atom is -0.491 e. The molecule has 0 radical (unpaired) electrons. The zero-order valence-electron chi connectivity index (χ0n) is 13.4. The van der Waals surface area contributed by atoms with Crippen molar-refractivity contribution in [3.8, 4) is 5.75 Å². The summed E-state index contributed by atoms with van der Waals surface area (Å²) in [5.74, 6) is 0.836. The highest BCUT2D eigenvalue weighted by Crippen LogP contribution is 2.39. The lowest BCUT2D eigenvalue weighted by Gasteiger charge is -2.15. The van der Waals surface area contributed by atoms with Gasteiger partial charge >= 0.3 is 0 Å². The number of pyridine rings is 1. The predicted molar refractivity (Wildman–Crippen MR) is 96.5 cm³/mol. The molecule has 2 aromatic rings. The zero-order chi connectivity index (χ0) is 15.8. The molecule has 0 fully saturated rings. The normalized spacial score (nSPS) is 19.4. The molecule has 0 bridgehead atoms. The van der Waals surface area contributed by atoms with Crippen molar-refractivity contribution in [2.45, 2.75) is 44.3 Å². The molecule has 4 heteroatoms. The van der Waals surface area contributed by atoms with Crippen LogP contribution >= 0.6 is 11.8 Å². The standard InChI is InChI=1S/C19H21NO2S/c1-2-8-22-15-10-12-5-3-6-13(12)17-18(15)20-11-14(19(17)21)16-7-4-9-23-16/h4,9-11,16H,2-3,5-8H2,1H3,(H,20,21). The fourth-order valence-corrected chi connectivity index (χ4v) is 4.58. The van der Waals surface area contributed by atoms with Crippen LogP contribution in [0.4, 0.5) is 0 Å². The van der Waals surface area contributed by atoms with E-state index in [2.05, 4.69) is 29.5 Å². The van der Waals surface area contributed by atoms with Crippen molar-refractivity contribution >= 4 is 22.7 Å². The van der Waals surface area contributed by atoms with Gasteiger partial charge < -0.3 is 9.72 Å². The molecule has 4 rings (SSSR count). The molecule has 1 atom stereocenters. The second-order valence-corrected chi connectivity index (χ2v) is 7.38. The largest absolute Gasteiger partial charge is 0.491 e. The summed E-state index contributed by atoms with van der Waals surface area (Å²) in [7, 11) is 0. The number of ether oxygens (including phenoxy) is 1. The second-order valence-electron chi connectivity index (χ2n) is 6.27. The Bertz CT molecular complexity index is 829. The van der Waals surface area contributed by atoms with Crippen LogP contribution in [0.3, 0.4) is 0 Å². The van der Waals surface area contributed by atoms with Crippen LogP contribution in [0.1, 0.15) is 48.1 Å². The molecule has 2 heterocycles. The Morgan fingerprint density at radius 1 is 1.39 bits per heavy atom. The number of allylic oxidation sites excluding steroid dienone is 1. The van der Waals surface area contributed by atoms with E-state index < -0.39 is 0 Å². The minimum absolute atomic E-state index is 0.194. The van der Waals surface area contributed by atoms with Gasteiger partial charge in [-0.15, -0.1) is 11.8 Å². The van der Waals surface area contributed by atoms with Gasteiger partial charge in [-0.3, -0.25) is 4.79 Å². The summed E-state index contributed by atoms with van der Waals surface area (Å²) >= 11 is 1.74. The number of benzene rings is 1. The molecule has 1 aromatic carbocycles. The SMILES string of the molecule is CCCOc1cc2c(c3c(=O)c(C4CC=CS4)c[nH]c13)CCC2. The lowest BCUT2D eigenvalue weighted by molar-refractivity contribution is 0.320. The molecular weight excluding hydrogens is 306 g/mol. The number of hydrogen-bond acceptors (Lipinski definition) is 3. The first-order chi connectivity index (χ1) is 11.3. The molecule has 3 nitrogen and oxygen atoms in total. The summed E-state index contributed by atoms with van der Waals surface area (Å²) in [4.78, 5) is 16.6. The molecule has 1 aliphatic heterocycles. The molecule has 1 aromatic heterocycles. The number of nitrogens with one attached hydrogen (secondary N) is 1. The van der Waals surface area contributed by atoms with Crippen LogP contribution in [0.15, 0.2) is 28.5 Å². The van der Waals surface area contributed by atoms with E-state index in [9.17, 15) is 4.79 Å². The molecule has 0 spiro atoms. The Balaban J connectivity index is 1.92. The average molecular weight is 327 g/mol. The van der Waals surface area contributed by atoms with Crippen molar-refractivity contribution in [2.24, 2.45) is 0 Å². The fraction of sp³-hybridized carbons (Fsp3) is 0.421. The first kappa shape index (κ1) is 14.9. The summed E-state index contributed by atoms with van der Waals surface area (Å²) in [6.07, 6.45) is 9.13. The van der Waals surface area contributed by atoms with Crippen LogP contribution in [0.2, 0.25) is 0 Å². The van der Waals surface area contributed by atoms with E-state index >= 15 is 0 Å². The van der Waals surface area contributed by atoms with Crippen LogP contribution in [-0.4, -0.2) is 11.6 Å². The van der Waals surface area contributed by atoms with Gasteiger partial charge in [-0.2, -0.15) is 0 Å². The van der Waals surface area contributed by atoms with Gasteiger partial charge in [0.15, 0.2) is 5.43 Å². The maximum absolute atomic E-state index is 13.2. The lowest BCUT2D eigenvalue weighted by Crippen LogP contribution is -2.14. The van der Waals surface area contributed by atoms with Crippen molar-refractivity contribution in [2.75, 3.05) is 6.61 Å². The molecule has 0 saturated heterocycles. The first-order valence-corrected chi connectivity index (χ1v) is 9.37. The molecule has 0 saturated carbocycles. The summed E-state index contributed by atoms with van der Waals surface area (Å²) in [5.41, 5.74) is 4.50. The second kappa shape index (κ2) is 6.08. The summed E-state index contributed by atoms with van der Waals surface area (Å²) in [6.45, 7) is 2.78. The molecule has 0 amide bonds. The zero-order valence-corrected chi connectivity index (χ0v) is 14.2. The molecule has 1 N–H and O–H groups in total. The lowest BCUT2D eigenvalue weighted by atomic mass is 10.00. The highest BCUT2D eigenvalue weighted by atomic mass is 32.2. The van der Waals surface area contributed by atoms with Gasteiger partial charge in [0, 0.05) is 17.0 Å². The monoisotopic (exact) mass is 327 g/mol. The van der Waals surface area contributed by atoms with Crippen molar-refractivity contribution < 1.29 is 4.74 Å². The Labute approximate surface area is 140 Å². The van der Waals surface area contributed by atoms with E-state index in [1.54, 1.807) is 11.8 Å². The summed E-state index contributed by atoms with van der Waals surface area (Å²) in [5, 5.41) is 3.22. The van der Waals surface area contributed by atoms with E-state index in [0.717, 1.165) is 54.3 Å². The topological polar surface area (TPSA) is 42.1 Å².